The molecule has 0 spiro atoms. The highest BCUT2D eigenvalue weighted by Gasteiger charge is 2.22. The van der Waals surface area contributed by atoms with Gasteiger partial charge in [0.25, 0.3) is 0 Å². The van der Waals surface area contributed by atoms with Crippen molar-refractivity contribution in [3.05, 3.63) is 16.1 Å². The predicted molar refractivity (Wildman–Crippen MR) is 92.4 cm³/mol. The second-order valence-electron chi connectivity index (χ2n) is 7.24. The van der Waals surface area contributed by atoms with Crippen LogP contribution in [-0.4, -0.2) is 34.8 Å². The number of aromatic nitrogens is 1. The van der Waals surface area contributed by atoms with Crippen LogP contribution in [0.25, 0.3) is 0 Å². The Hall–Kier alpha value is -1.43. The second kappa shape index (κ2) is 7.43. The van der Waals surface area contributed by atoms with Crippen LogP contribution in [0.2, 0.25) is 0 Å². The normalized spacial score (nSPS) is 17.7. The molecule has 128 valence electrons. The number of amides is 2. The minimum absolute atomic E-state index is 0.0109. The fourth-order valence-electron chi connectivity index (χ4n) is 2.56. The number of hydrogen-bond acceptors (Lipinski definition) is 4. The average Bonchev–Trinajstić information content (AvgIpc) is 2.87. The van der Waals surface area contributed by atoms with E-state index in [1.807, 2.05) is 6.92 Å². The van der Waals surface area contributed by atoms with E-state index in [1.54, 1.807) is 16.2 Å². The summed E-state index contributed by atoms with van der Waals surface area (Å²) in [5.41, 5.74) is 1.05. The van der Waals surface area contributed by atoms with Gasteiger partial charge >= 0.3 is 0 Å². The lowest BCUT2D eigenvalue weighted by molar-refractivity contribution is -0.135. The lowest BCUT2D eigenvalue weighted by atomic mass is 9.93. The monoisotopic (exact) mass is 337 g/mol. The summed E-state index contributed by atoms with van der Waals surface area (Å²) in [5, 5.41) is 5.92. The summed E-state index contributed by atoms with van der Waals surface area (Å²) in [6.45, 7) is 9.15. The zero-order valence-electron chi connectivity index (χ0n) is 14.5. The summed E-state index contributed by atoms with van der Waals surface area (Å²) in [7, 11) is 0. The van der Waals surface area contributed by atoms with Crippen LogP contribution in [0.15, 0.2) is 5.38 Å². The first-order valence-electron chi connectivity index (χ1n) is 8.30. The van der Waals surface area contributed by atoms with Crippen LogP contribution in [0.5, 0.6) is 0 Å². The molecule has 1 N–H and O–H groups in total. The number of likely N-dealkylation sites (tertiary alicyclic amines) is 1. The van der Waals surface area contributed by atoms with Gasteiger partial charge in [0.05, 0.1) is 18.3 Å². The minimum Gasteiger partial charge on any atom is -0.346 e. The van der Waals surface area contributed by atoms with E-state index in [0.29, 0.717) is 13.0 Å². The highest BCUT2D eigenvalue weighted by atomic mass is 32.1. The lowest BCUT2D eigenvalue weighted by Gasteiger charge is -2.21. The first kappa shape index (κ1) is 17.9. The van der Waals surface area contributed by atoms with Crippen molar-refractivity contribution in [3.8, 4) is 0 Å². The highest BCUT2D eigenvalue weighted by molar-refractivity contribution is 7.09. The van der Waals surface area contributed by atoms with Gasteiger partial charge in [-0.05, 0) is 19.8 Å². The van der Waals surface area contributed by atoms with Crippen LogP contribution in [0, 0.1) is 0 Å². The molecule has 1 unspecified atom stereocenters. The van der Waals surface area contributed by atoms with Crippen molar-refractivity contribution in [3.63, 3.8) is 0 Å². The van der Waals surface area contributed by atoms with Crippen LogP contribution in [0.1, 0.15) is 70.1 Å². The number of carbonyl (C=O) groups is 2. The van der Waals surface area contributed by atoms with Crippen molar-refractivity contribution in [2.75, 3.05) is 13.1 Å². The van der Waals surface area contributed by atoms with Crippen LogP contribution in [0.3, 0.4) is 0 Å². The number of thiazole rings is 1. The van der Waals surface area contributed by atoms with Gasteiger partial charge < -0.3 is 10.2 Å². The molecule has 0 aromatic carbocycles. The van der Waals surface area contributed by atoms with Crippen LogP contribution in [-0.2, 0) is 15.0 Å². The molecule has 23 heavy (non-hydrogen) atoms. The summed E-state index contributed by atoms with van der Waals surface area (Å²) < 4.78 is 0. The third-order valence-corrected chi connectivity index (χ3v) is 5.07. The molecule has 2 amide bonds. The van der Waals surface area contributed by atoms with E-state index in [0.717, 1.165) is 30.0 Å². The van der Waals surface area contributed by atoms with Gasteiger partial charge in [-0.1, -0.05) is 27.2 Å². The van der Waals surface area contributed by atoms with Crippen molar-refractivity contribution < 1.29 is 9.59 Å². The van der Waals surface area contributed by atoms with Crippen LogP contribution < -0.4 is 5.32 Å². The van der Waals surface area contributed by atoms with Crippen molar-refractivity contribution in [2.45, 2.75) is 64.8 Å². The quantitative estimate of drug-likeness (QED) is 0.918. The van der Waals surface area contributed by atoms with Gasteiger partial charge in [-0.25, -0.2) is 4.98 Å². The topological polar surface area (TPSA) is 62.3 Å². The molecule has 0 radical (unpaired) electrons. The Morgan fingerprint density at radius 1 is 1.39 bits per heavy atom. The third kappa shape index (κ3) is 5.03. The highest BCUT2D eigenvalue weighted by Crippen LogP contribution is 2.26. The number of rotatable bonds is 4. The molecule has 0 aliphatic carbocycles. The summed E-state index contributed by atoms with van der Waals surface area (Å²) in [5.74, 6) is -0.0187. The lowest BCUT2D eigenvalue weighted by Crippen LogP contribution is -2.41. The molecule has 2 rings (SSSR count). The second-order valence-corrected chi connectivity index (χ2v) is 8.13. The number of nitrogens with zero attached hydrogens (tertiary/aromatic N) is 2. The van der Waals surface area contributed by atoms with Crippen molar-refractivity contribution in [1.82, 2.24) is 15.2 Å². The summed E-state index contributed by atoms with van der Waals surface area (Å²) in [6.07, 6.45) is 3.54. The molecule has 1 fully saturated rings. The van der Waals surface area contributed by atoms with Crippen LogP contribution >= 0.6 is 11.3 Å². The Labute approximate surface area is 142 Å². The first-order valence-corrected chi connectivity index (χ1v) is 9.18. The maximum Gasteiger partial charge on any atom is 0.240 e. The van der Waals surface area contributed by atoms with Crippen molar-refractivity contribution >= 4 is 23.2 Å². The fraction of sp³-hybridized carbons (Fsp3) is 0.706. The maximum absolute atomic E-state index is 12.2. The largest absolute Gasteiger partial charge is 0.346 e. The zero-order valence-corrected chi connectivity index (χ0v) is 15.3. The fourth-order valence-corrected chi connectivity index (χ4v) is 3.61. The van der Waals surface area contributed by atoms with Gasteiger partial charge in [0.2, 0.25) is 11.8 Å². The van der Waals surface area contributed by atoms with E-state index >= 15 is 0 Å². The van der Waals surface area contributed by atoms with Gasteiger partial charge in [0.15, 0.2) is 0 Å². The molecule has 1 aromatic heterocycles. The maximum atomic E-state index is 12.2. The molecule has 0 saturated carbocycles. The Morgan fingerprint density at radius 2 is 2.13 bits per heavy atom. The zero-order chi connectivity index (χ0) is 17.0. The van der Waals surface area contributed by atoms with E-state index in [9.17, 15) is 9.59 Å². The molecule has 6 heteroatoms. The molecule has 1 atom stereocenters. The molecular weight excluding hydrogens is 310 g/mol. The third-order valence-electron chi connectivity index (χ3n) is 4.04. The SMILES string of the molecule is CC(NC(=O)CN1CCCCCC1=O)c1nc(C(C)(C)C)cs1. The van der Waals surface area contributed by atoms with Gasteiger partial charge in [0, 0.05) is 23.8 Å². The van der Waals surface area contributed by atoms with Crippen molar-refractivity contribution in [1.29, 1.82) is 0 Å². The number of carbonyl (C=O) groups excluding carboxylic acids is 2. The average molecular weight is 337 g/mol. The first-order chi connectivity index (χ1) is 10.8. The molecule has 1 aliphatic rings. The van der Waals surface area contributed by atoms with Crippen molar-refractivity contribution in [2.24, 2.45) is 0 Å². The summed E-state index contributed by atoms with van der Waals surface area (Å²) >= 11 is 1.57. The molecule has 2 heterocycles. The van der Waals surface area contributed by atoms with Gasteiger partial charge in [-0.3, -0.25) is 9.59 Å². The molecule has 5 nitrogen and oxygen atoms in total. The molecular formula is C17H27N3O2S. The predicted octanol–water partition coefficient (Wildman–Crippen LogP) is 3.02. The standard InChI is InChI=1S/C17H27N3O2S/c1-12(16-19-13(11-23-16)17(2,3)4)18-14(21)10-20-9-7-5-6-8-15(20)22/h11-12H,5-10H2,1-4H3,(H,18,21). The van der Waals surface area contributed by atoms with E-state index in [2.05, 4.69) is 36.5 Å². The van der Waals surface area contributed by atoms with Gasteiger partial charge in [-0.15, -0.1) is 11.3 Å². The van der Waals surface area contributed by atoms with E-state index in [-0.39, 0.29) is 29.8 Å². The number of hydrogen-bond donors (Lipinski definition) is 1. The Balaban J connectivity index is 1.91. The molecule has 1 saturated heterocycles. The van der Waals surface area contributed by atoms with Gasteiger partial charge in [-0.2, -0.15) is 0 Å². The van der Waals surface area contributed by atoms with Crippen LogP contribution in [0.4, 0.5) is 0 Å². The molecule has 1 aliphatic heterocycles. The summed E-state index contributed by atoms with van der Waals surface area (Å²) in [4.78, 5) is 30.5. The van der Waals surface area contributed by atoms with Gasteiger partial charge in [0.1, 0.15) is 5.01 Å². The van der Waals surface area contributed by atoms with E-state index in [4.69, 9.17) is 0 Å². The Morgan fingerprint density at radius 3 is 2.78 bits per heavy atom. The van der Waals surface area contributed by atoms with E-state index < -0.39 is 0 Å². The Kier molecular flexibility index (Phi) is 5.79. The smallest absolute Gasteiger partial charge is 0.240 e. The summed E-state index contributed by atoms with van der Waals surface area (Å²) in [6, 6.07) is -0.134. The Bertz CT molecular complexity index is 562. The minimum atomic E-state index is -0.134. The molecule has 1 aromatic rings. The number of nitrogens with one attached hydrogen (secondary N) is 1. The molecule has 0 bridgehead atoms. The van der Waals surface area contributed by atoms with E-state index in [1.165, 1.54) is 0 Å².